The smallest absolute Gasteiger partial charge is 0.269 e. The van der Waals surface area contributed by atoms with E-state index in [9.17, 15) is 26.4 Å². The van der Waals surface area contributed by atoms with Crippen LogP contribution in [-0.4, -0.2) is 14.3 Å². The number of carbonyl (C=O) groups is 1. The van der Waals surface area contributed by atoms with Crippen LogP contribution < -0.4 is 15.6 Å². The highest BCUT2D eigenvalue weighted by atomic mass is 32.2. The van der Waals surface area contributed by atoms with Crippen molar-refractivity contribution in [3.63, 3.8) is 0 Å². The Hall–Kier alpha value is -3.31. The predicted molar refractivity (Wildman–Crippen MR) is 96.6 cm³/mol. The van der Waals surface area contributed by atoms with E-state index in [0.717, 1.165) is 6.07 Å². The molecule has 0 fully saturated rings. The number of hydrazine groups is 1. The van der Waals surface area contributed by atoms with E-state index in [1.807, 2.05) is 0 Å². The second-order valence-electron chi connectivity index (χ2n) is 5.73. The summed E-state index contributed by atoms with van der Waals surface area (Å²) in [5, 5.41) is 0. The van der Waals surface area contributed by atoms with Gasteiger partial charge in [0.25, 0.3) is 5.91 Å². The maximum atomic E-state index is 13.6. The molecular formula is C18H14F3N3O4S. The Morgan fingerprint density at radius 3 is 2.34 bits per heavy atom. The summed E-state index contributed by atoms with van der Waals surface area (Å²) in [6.07, 6.45) is 1.41. The number of hydrogen-bond acceptors (Lipinski definition) is 5. The first-order chi connectivity index (χ1) is 13.8. The lowest BCUT2D eigenvalue weighted by Gasteiger charge is -2.10. The molecule has 0 atom stereocenters. The van der Waals surface area contributed by atoms with Crippen molar-refractivity contribution in [2.24, 2.45) is 0 Å². The zero-order chi connectivity index (χ0) is 21.0. The summed E-state index contributed by atoms with van der Waals surface area (Å²) < 4.78 is 71.5. The van der Waals surface area contributed by atoms with Gasteiger partial charge in [-0.25, -0.2) is 26.3 Å². The van der Waals surface area contributed by atoms with Crippen molar-refractivity contribution in [2.75, 3.05) is 5.43 Å². The highest BCUT2D eigenvalue weighted by molar-refractivity contribution is 7.89. The highest BCUT2D eigenvalue weighted by Crippen LogP contribution is 2.19. The van der Waals surface area contributed by atoms with E-state index < -0.39 is 39.1 Å². The molecule has 0 aliphatic rings. The van der Waals surface area contributed by atoms with Gasteiger partial charge in [-0.3, -0.25) is 15.6 Å². The molecule has 1 heterocycles. The number of anilines is 1. The summed E-state index contributed by atoms with van der Waals surface area (Å²) in [5.74, 6) is -4.85. The van der Waals surface area contributed by atoms with E-state index in [4.69, 9.17) is 4.42 Å². The topological polar surface area (TPSA) is 100 Å². The number of sulfonamides is 1. The molecule has 29 heavy (non-hydrogen) atoms. The van der Waals surface area contributed by atoms with Crippen LogP contribution in [-0.2, 0) is 16.6 Å². The number of hydrogen-bond donors (Lipinski definition) is 3. The maximum Gasteiger partial charge on any atom is 0.269 e. The molecule has 0 saturated carbocycles. The average Bonchev–Trinajstić information content (AvgIpc) is 3.24. The molecule has 3 aromatic rings. The minimum Gasteiger partial charge on any atom is -0.468 e. The number of furan rings is 1. The van der Waals surface area contributed by atoms with Crippen molar-refractivity contribution < 1.29 is 30.8 Å². The number of carbonyl (C=O) groups excluding carboxylic acids is 1. The lowest BCUT2D eigenvalue weighted by molar-refractivity contribution is 0.0962. The number of halogens is 3. The van der Waals surface area contributed by atoms with Gasteiger partial charge in [-0.15, -0.1) is 0 Å². The van der Waals surface area contributed by atoms with E-state index in [-0.39, 0.29) is 17.0 Å². The van der Waals surface area contributed by atoms with E-state index in [0.29, 0.717) is 11.8 Å². The van der Waals surface area contributed by atoms with Crippen LogP contribution in [0.25, 0.3) is 0 Å². The summed E-state index contributed by atoms with van der Waals surface area (Å²) >= 11 is 0. The first kappa shape index (κ1) is 20.4. The number of amides is 1. The lowest BCUT2D eigenvalue weighted by Crippen LogP contribution is -2.30. The Morgan fingerprint density at radius 2 is 1.69 bits per heavy atom. The molecule has 0 aliphatic heterocycles. The van der Waals surface area contributed by atoms with Crippen molar-refractivity contribution in [3.05, 3.63) is 83.6 Å². The fourth-order valence-electron chi connectivity index (χ4n) is 2.27. The van der Waals surface area contributed by atoms with Gasteiger partial charge in [-0.05, 0) is 48.5 Å². The average molecular weight is 425 g/mol. The van der Waals surface area contributed by atoms with Gasteiger partial charge in [0.2, 0.25) is 10.0 Å². The molecule has 0 bridgehead atoms. The van der Waals surface area contributed by atoms with Gasteiger partial charge in [0, 0.05) is 5.56 Å². The Bertz CT molecular complexity index is 1120. The molecule has 0 spiro atoms. The summed E-state index contributed by atoms with van der Waals surface area (Å²) in [7, 11) is -3.83. The molecule has 7 nitrogen and oxygen atoms in total. The van der Waals surface area contributed by atoms with Gasteiger partial charge in [0.05, 0.1) is 23.4 Å². The van der Waals surface area contributed by atoms with Gasteiger partial charge in [-0.1, -0.05) is 0 Å². The Morgan fingerprint density at radius 1 is 0.966 bits per heavy atom. The van der Waals surface area contributed by atoms with E-state index in [1.54, 1.807) is 12.1 Å². The van der Waals surface area contributed by atoms with E-state index in [1.165, 1.54) is 30.5 Å². The molecule has 2 aromatic carbocycles. The Balaban J connectivity index is 1.63. The number of rotatable bonds is 7. The van der Waals surface area contributed by atoms with Crippen LogP contribution in [0.4, 0.5) is 18.9 Å². The van der Waals surface area contributed by atoms with Crippen LogP contribution in [0, 0.1) is 17.5 Å². The third-order valence-corrected chi connectivity index (χ3v) is 5.21. The normalized spacial score (nSPS) is 11.3. The molecule has 3 rings (SSSR count). The summed E-state index contributed by atoms with van der Waals surface area (Å²) in [5.41, 5.74) is 3.82. The second kappa shape index (κ2) is 8.37. The summed E-state index contributed by atoms with van der Waals surface area (Å²) in [6.45, 7) is -0.0404. The Kier molecular flexibility index (Phi) is 5.89. The van der Waals surface area contributed by atoms with Gasteiger partial charge in [-0.2, -0.15) is 0 Å². The lowest BCUT2D eigenvalue weighted by atomic mass is 10.2. The van der Waals surface area contributed by atoms with E-state index >= 15 is 0 Å². The molecule has 1 aromatic heterocycles. The third kappa shape index (κ3) is 4.76. The zero-order valence-electron chi connectivity index (χ0n) is 14.6. The molecule has 0 aliphatic carbocycles. The van der Waals surface area contributed by atoms with Crippen LogP contribution in [0.15, 0.2) is 64.1 Å². The fraction of sp³-hybridized carbons (Fsp3) is 0.0556. The third-order valence-electron chi connectivity index (χ3n) is 3.79. The van der Waals surface area contributed by atoms with Crippen LogP contribution in [0.5, 0.6) is 0 Å². The molecule has 11 heteroatoms. The summed E-state index contributed by atoms with van der Waals surface area (Å²) in [4.78, 5) is 12.0. The number of benzene rings is 2. The molecule has 0 radical (unpaired) electrons. The molecular weight excluding hydrogens is 411 g/mol. The van der Waals surface area contributed by atoms with Gasteiger partial charge in [0.15, 0.2) is 17.5 Å². The molecule has 3 N–H and O–H groups in total. The van der Waals surface area contributed by atoms with Crippen molar-refractivity contribution in [1.29, 1.82) is 0 Å². The second-order valence-corrected chi connectivity index (χ2v) is 7.50. The van der Waals surface area contributed by atoms with Crippen LogP contribution in [0.3, 0.4) is 0 Å². The van der Waals surface area contributed by atoms with Crippen molar-refractivity contribution in [1.82, 2.24) is 10.1 Å². The minimum atomic E-state index is -3.83. The fourth-order valence-corrected chi connectivity index (χ4v) is 3.26. The van der Waals surface area contributed by atoms with Gasteiger partial charge < -0.3 is 4.42 Å². The predicted octanol–water partition coefficient (Wildman–Crippen LogP) is 2.93. The van der Waals surface area contributed by atoms with Gasteiger partial charge in [0.1, 0.15) is 5.76 Å². The van der Waals surface area contributed by atoms with Crippen LogP contribution in [0.2, 0.25) is 0 Å². The maximum absolute atomic E-state index is 13.6. The van der Waals surface area contributed by atoms with Crippen molar-refractivity contribution in [2.45, 2.75) is 11.4 Å². The standard InChI is InChI=1S/C18H14F3N3O4S/c19-14-7-8-15(17(21)16(14)20)23-24-18(25)11-3-5-13(6-4-11)29(26,27)22-10-12-2-1-9-28-12/h1-9,22-23H,10H2,(H,24,25). The van der Waals surface area contributed by atoms with E-state index in [2.05, 4.69) is 15.6 Å². The van der Waals surface area contributed by atoms with Crippen LogP contribution in [0.1, 0.15) is 16.1 Å². The first-order valence-corrected chi connectivity index (χ1v) is 9.58. The zero-order valence-corrected chi connectivity index (χ0v) is 15.4. The molecule has 1 amide bonds. The molecule has 152 valence electrons. The van der Waals surface area contributed by atoms with Gasteiger partial charge >= 0.3 is 0 Å². The largest absolute Gasteiger partial charge is 0.468 e. The van der Waals surface area contributed by atoms with Crippen molar-refractivity contribution in [3.8, 4) is 0 Å². The minimum absolute atomic E-state index is 0.0404. The first-order valence-electron chi connectivity index (χ1n) is 8.10. The molecule has 0 saturated heterocycles. The highest BCUT2D eigenvalue weighted by Gasteiger charge is 2.17. The SMILES string of the molecule is O=C(NNc1ccc(F)c(F)c1F)c1ccc(S(=O)(=O)NCc2ccco2)cc1. The van der Waals surface area contributed by atoms with Crippen LogP contribution >= 0.6 is 0 Å². The van der Waals surface area contributed by atoms with Crippen molar-refractivity contribution >= 4 is 21.6 Å². The monoisotopic (exact) mass is 425 g/mol. The summed E-state index contributed by atoms with van der Waals surface area (Å²) in [6, 6.07) is 9.72. The quantitative estimate of drug-likeness (QED) is 0.399. The molecule has 0 unspecified atom stereocenters. The number of nitrogens with one attached hydrogen (secondary N) is 3. The Labute approximate surface area is 163 Å².